The van der Waals surface area contributed by atoms with Crippen LogP contribution in [0.5, 0.6) is 0 Å². The highest BCUT2D eigenvalue weighted by atomic mass is 32.2. The van der Waals surface area contributed by atoms with Crippen molar-refractivity contribution in [3.63, 3.8) is 0 Å². The van der Waals surface area contributed by atoms with E-state index in [1.807, 2.05) is 0 Å². The number of sulfonamides is 1. The monoisotopic (exact) mass is 416 g/mol. The van der Waals surface area contributed by atoms with Gasteiger partial charge in [-0.3, -0.25) is 14.9 Å². The largest absolute Gasteiger partial charge is 0.437 e. The zero-order valence-corrected chi connectivity index (χ0v) is 15.1. The van der Waals surface area contributed by atoms with E-state index in [1.54, 1.807) is 0 Å². The number of carbonyl (C=O) groups excluding carboxylic acids is 1. The molecule has 8 nitrogen and oxygen atoms in total. The summed E-state index contributed by atoms with van der Waals surface area (Å²) in [6, 6.07) is 9.49. The van der Waals surface area contributed by atoms with E-state index >= 15 is 0 Å². The second-order valence-corrected chi connectivity index (χ2v) is 7.26. The highest BCUT2D eigenvalue weighted by Crippen LogP contribution is 2.29. The Morgan fingerprint density at radius 1 is 1.04 bits per heavy atom. The van der Waals surface area contributed by atoms with E-state index in [9.17, 15) is 26.4 Å². The third-order valence-electron chi connectivity index (χ3n) is 3.17. The lowest BCUT2D eigenvalue weighted by Gasteiger charge is -2.08. The van der Waals surface area contributed by atoms with Gasteiger partial charge in [-0.2, -0.15) is 13.2 Å². The fourth-order valence-electron chi connectivity index (χ4n) is 1.95. The van der Waals surface area contributed by atoms with Crippen molar-refractivity contribution < 1.29 is 31.2 Å². The molecule has 0 bridgehead atoms. The molecule has 0 radical (unpaired) electrons. The van der Waals surface area contributed by atoms with E-state index in [0.29, 0.717) is 11.3 Å². The van der Waals surface area contributed by atoms with E-state index in [1.165, 1.54) is 24.3 Å². The fraction of sp³-hybridized carbons (Fsp3) is 0.125. The normalized spacial score (nSPS) is 12.4. The van der Waals surface area contributed by atoms with Gasteiger partial charge < -0.3 is 5.73 Å². The lowest BCUT2D eigenvalue weighted by atomic mass is 10.2. The maximum absolute atomic E-state index is 12.5. The number of hydrogen-bond acceptors (Lipinski definition) is 5. The first-order chi connectivity index (χ1) is 12.9. The van der Waals surface area contributed by atoms with Crippen molar-refractivity contribution in [3.8, 4) is 0 Å². The summed E-state index contributed by atoms with van der Waals surface area (Å²) in [5.41, 5.74) is 5.53. The average molecular weight is 416 g/mol. The van der Waals surface area contributed by atoms with Crippen LogP contribution in [0.3, 0.4) is 0 Å². The summed E-state index contributed by atoms with van der Waals surface area (Å²) < 4.78 is 62.0. The molecular weight excluding hydrogens is 401 g/mol. The molecule has 0 saturated heterocycles. The lowest BCUT2D eigenvalue weighted by molar-refractivity contribution is -0.137. The summed E-state index contributed by atoms with van der Waals surface area (Å²) in [5.74, 6) is -0.173. The van der Waals surface area contributed by atoms with Crippen LogP contribution in [0.2, 0.25) is 0 Å². The smallest absolute Gasteiger partial charge is 0.380 e. The highest BCUT2D eigenvalue weighted by Gasteiger charge is 2.30. The van der Waals surface area contributed by atoms with Crippen molar-refractivity contribution in [2.24, 2.45) is 10.9 Å². The molecule has 0 fully saturated rings. The van der Waals surface area contributed by atoms with Gasteiger partial charge in [-0.15, -0.1) is 0 Å². The number of amides is 1. The number of anilines is 2. The number of alkyl halides is 3. The first-order valence-electron chi connectivity index (χ1n) is 7.51. The molecule has 4 N–H and O–H groups in total. The Hall–Kier alpha value is -3.28. The summed E-state index contributed by atoms with van der Waals surface area (Å²) in [6.07, 6.45) is -4.54. The minimum absolute atomic E-state index is 0.0722. The third kappa shape index (κ3) is 6.46. The van der Waals surface area contributed by atoms with Crippen LogP contribution in [0.25, 0.3) is 0 Å². The molecule has 0 atom stereocenters. The van der Waals surface area contributed by atoms with Gasteiger partial charge in [0, 0.05) is 16.9 Å². The maximum Gasteiger partial charge on any atom is 0.437 e. The van der Waals surface area contributed by atoms with Crippen molar-refractivity contribution in [1.29, 1.82) is 0 Å². The molecule has 1 amide bonds. The zero-order valence-electron chi connectivity index (χ0n) is 14.3. The number of benzene rings is 2. The molecule has 12 heteroatoms. The molecule has 0 aliphatic rings. The summed E-state index contributed by atoms with van der Waals surface area (Å²) in [4.78, 5) is 16.2. The number of rotatable bonds is 5. The van der Waals surface area contributed by atoms with Gasteiger partial charge >= 0.3 is 12.3 Å². The second kappa shape index (κ2) is 8.17. The molecule has 2 aromatic rings. The maximum atomic E-state index is 12.5. The van der Waals surface area contributed by atoms with Crippen molar-refractivity contribution in [2.45, 2.75) is 6.18 Å². The van der Waals surface area contributed by atoms with Crippen LogP contribution in [0, 0.1) is 0 Å². The second-order valence-electron chi connectivity index (χ2n) is 5.51. The van der Waals surface area contributed by atoms with Gasteiger partial charge in [-0.25, -0.2) is 13.2 Å². The zero-order chi connectivity index (χ0) is 20.9. The Bertz CT molecular complexity index is 972. The van der Waals surface area contributed by atoms with Crippen molar-refractivity contribution >= 4 is 33.3 Å². The molecule has 0 heterocycles. The quantitative estimate of drug-likeness (QED) is 0.299. The molecule has 0 unspecified atom stereocenters. The summed E-state index contributed by atoms with van der Waals surface area (Å²) in [6.45, 7) is 0. The molecule has 0 aliphatic heterocycles. The average Bonchev–Trinajstić information content (AvgIpc) is 2.58. The predicted octanol–water partition coefficient (Wildman–Crippen LogP) is 2.95. The van der Waals surface area contributed by atoms with E-state index in [4.69, 9.17) is 5.73 Å². The number of carbonyl (C=O) groups is 1. The molecule has 0 aliphatic carbocycles. The lowest BCUT2D eigenvalue weighted by Crippen LogP contribution is -2.17. The van der Waals surface area contributed by atoms with E-state index in [-0.39, 0.29) is 11.5 Å². The van der Waals surface area contributed by atoms with E-state index in [0.717, 1.165) is 30.5 Å². The molecule has 0 aromatic heterocycles. The van der Waals surface area contributed by atoms with Crippen molar-refractivity contribution in [2.75, 3.05) is 16.3 Å². The number of nitrogens with one attached hydrogen (secondary N) is 2. The van der Waals surface area contributed by atoms with Crippen LogP contribution in [0.4, 0.5) is 29.3 Å². The minimum Gasteiger partial charge on any atom is -0.380 e. The van der Waals surface area contributed by atoms with Gasteiger partial charge in [0.15, 0.2) is 5.84 Å². The fourth-order valence-corrected chi connectivity index (χ4v) is 2.51. The number of oxime groups is 1. The Morgan fingerprint density at radius 2 is 1.57 bits per heavy atom. The summed E-state index contributed by atoms with van der Waals surface area (Å²) >= 11 is 0. The Morgan fingerprint density at radius 3 is 2.07 bits per heavy atom. The van der Waals surface area contributed by atoms with Crippen LogP contribution < -0.4 is 15.8 Å². The van der Waals surface area contributed by atoms with Crippen molar-refractivity contribution in [3.05, 3.63) is 59.7 Å². The van der Waals surface area contributed by atoms with Gasteiger partial charge in [0.25, 0.3) is 0 Å². The predicted molar refractivity (Wildman–Crippen MR) is 97.2 cm³/mol. The molecule has 0 spiro atoms. The third-order valence-corrected chi connectivity index (χ3v) is 3.78. The Balaban J connectivity index is 1.96. The minimum atomic E-state index is -4.48. The Kier molecular flexibility index (Phi) is 6.13. The van der Waals surface area contributed by atoms with Crippen LogP contribution in [-0.2, 0) is 21.0 Å². The van der Waals surface area contributed by atoms with Crippen LogP contribution in [-0.4, -0.2) is 26.6 Å². The van der Waals surface area contributed by atoms with Gasteiger partial charge in [-0.05, 0) is 48.5 Å². The molecule has 0 saturated carbocycles. The van der Waals surface area contributed by atoms with Gasteiger partial charge in [-0.1, -0.05) is 5.16 Å². The molecular formula is C16H15F3N4O4S. The van der Waals surface area contributed by atoms with E-state index < -0.39 is 27.9 Å². The topological polar surface area (TPSA) is 123 Å². The molecule has 2 rings (SSSR count). The SMILES string of the molecule is CS(=O)(=O)Nc1ccc(/C(N)=N\OC(=O)Nc2ccc(C(F)(F)F)cc2)cc1. The Labute approximate surface area is 158 Å². The first kappa shape index (κ1) is 21.0. The van der Waals surface area contributed by atoms with Crippen LogP contribution in [0.15, 0.2) is 53.7 Å². The van der Waals surface area contributed by atoms with Crippen molar-refractivity contribution in [1.82, 2.24) is 0 Å². The van der Waals surface area contributed by atoms with Gasteiger partial charge in [0.1, 0.15) is 0 Å². The van der Waals surface area contributed by atoms with E-state index in [2.05, 4.69) is 20.0 Å². The molecule has 28 heavy (non-hydrogen) atoms. The summed E-state index contributed by atoms with van der Waals surface area (Å²) in [5, 5.41) is 5.61. The molecule has 2 aromatic carbocycles. The van der Waals surface area contributed by atoms with Gasteiger partial charge in [0.2, 0.25) is 10.0 Å². The van der Waals surface area contributed by atoms with Gasteiger partial charge in [0.05, 0.1) is 11.8 Å². The number of halogens is 3. The standard InChI is InChI=1S/C16H15F3N4O4S/c1-28(25,26)23-13-6-2-10(3-7-13)14(20)22-27-15(24)21-12-8-4-11(5-9-12)16(17,18)19/h2-9,23H,1H3,(H2,20,22)(H,21,24). The number of amidine groups is 1. The van der Waals surface area contributed by atoms with Crippen LogP contribution >= 0.6 is 0 Å². The first-order valence-corrected chi connectivity index (χ1v) is 9.40. The highest BCUT2D eigenvalue weighted by molar-refractivity contribution is 7.92. The molecule has 150 valence electrons. The number of nitrogens with two attached hydrogens (primary N) is 1. The number of hydrogen-bond donors (Lipinski definition) is 3. The summed E-state index contributed by atoms with van der Waals surface area (Å²) in [7, 11) is -3.42. The number of nitrogens with zero attached hydrogens (tertiary/aromatic N) is 1. The van der Waals surface area contributed by atoms with Crippen LogP contribution in [0.1, 0.15) is 11.1 Å².